The van der Waals surface area contributed by atoms with Gasteiger partial charge in [-0.05, 0) is 19.3 Å². The lowest BCUT2D eigenvalue weighted by molar-refractivity contribution is -0.111. The molecule has 126 valence electrons. The molecule has 0 saturated heterocycles. The quantitative estimate of drug-likeness (QED) is 0.413. The summed E-state index contributed by atoms with van der Waals surface area (Å²) < 4.78 is 0. The molecule has 25 heavy (non-hydrogen) atoms. The van der Waals surface area contributed by atoms with Gasteiger partial charge in [-0.15, -0.1) is 11.3 Å². The summed E-state index contributed by atoms with van der Waals surface area (Å²) in [6, 6.07) is 8.13. The van der Waals surface area contributed by atoms with Gasteiger partial charge in [0.2, 0.25) is 5.91 Å². The molecule has 0 bridgehead atoms. The Bertz CT molecular complexity index is 886. The molecular weight excluding hydrogens is 352 g/mol. The zero-order chi connectivity index (χ0) is 17.6. The fraction of sp³-hybridized carbons (Fsp3) is 0.111. The molecule has 2 aromatic heterocycles. The number of rotatable bonds is 5. The molecule has 0 fully saturated rings. The van der Waals surface area contributed by atoms with Gasteiger partial charge in [-0.25, -0.2) is 15.0 Å². The van der Waals surface area contributed by atoms with E-state index in [0.29, 0.717) is 10.3 Å². The van der Waals surface area contributed by atoms with Crippen molar-refractivity contribution in [2.24, 2.45) is 0 Å². The summed E-state index contributed by atoms with van der Waals surface area (Å²) in [5.74, 6) is -0.237. The molecule has 1 aromatic carbocycles. The smallest absolute Gasteiger partial charge is 0.250 e. The maximum Gasteiger partial charge on any atom is 0.250 e. The summed E-state index contributed by atoms with van der Waals surface area (Å²) in [6.45, 7) is 2.04. The molecule has 0 radical (unpaired) electrons. The molecule has 5 nitrogen and oxygen atoms in total. The van der Waals surface area contributed by atoms with Crippen LogP contribution in [0.5, 0.6) is 0 Å². The van der Waals surface area contributed by atoms with Gasteiger partial charge in [0.25, 0.3) is 0 Å². The maximum atomic E-state index is 12.0. The monoisotopic (exact) mass is 368 g/mol. The highest BCUT2D eigenvalue weighted by Gasteiger charge is 2.06. The van der Waals surface area contributed by atoms with Gasteiger partial charge in [0.1, 0.15) is 0 Å². The average molecular weight is 368 g/mol. The van der Waals surface area contributed by atoms with Gasteiger partial charge < -0.3 is 0 Å². The Hall–Kier alpha value is -2.51. The SMILES string of the molecule is CSc1ncc(/C=C/C(=O)Nc2nc(-c3ccc(C)cc3)cs2)cn1. The number of anilines is 1. The Kier molecular flexibility index (Phi) is 5.57. The van der Waals surface area contributed by atoms with E-state index in [-0.39, 0.29) is 5.91 Å². The molecule has 0 aliphatic rings. The second-order valence-electron chi connectivity index (χ2n) is 5.23. The summed E-state index contributed by atoms with van der Waals surface area (Å²) in [7, 11) is 0. The number of hydrogen-bond donors (Lipinski definition) is 1. The fourth-order valence-corrected chi connectivity index (χ4v) is 3.06. The van der Waals surface area contributed by atoms with E-state index in [1.165, 1.54) is 34.7 Å². The van der Waals surface area contributed by atoms with Crippen LogP contribution < -0.4 is 5.32 Å². The minimum absolute atomic E-state index is 0.237. The molecule has 1 amide bonds. The number of aromatic nitrogens is 3. The highest BCUT2D eigenvalue weighted by atomic mass is 32.2. The van der Waals surface area contributed by atoms with Crippen molar-refractivity contribution in [1.82, 2.24) is 15.0 Å². The van der Waals surface area contributed by atoms with Crippen LogP contribution in [0.25, 0.3) is 17.3 Å². The third-order valence-corrected chi connectivity index (χ3v) is 4.67. The number of nitrogens with zero attached hydrogens (tertiary/aromatic N) is 3. The van der Waals surface area contributed by atoms with E-state index in [9.17, 15) is 4.79 Å². The first-order valence-electron chi connectivity index (χ1n) is 7.52. The van der Waals surface area contributed by atoms with Crippen molar-refractivity contribution < 1.29 is 4.79 Å². The largest absolute Gasteiger partial charge is 0.298 e. The summed E-state index contributed by atoms with van der Waals surface area (Å²) in [5, 5.41) is 5.97. The molecule has 0 atom stereocenters. The van der Waals surface area contributed by atoms with Crippen LogP contribution >= 0.6 is 23.1 Å². The number of carbonyl (C=O) groups excluding carboxylic acids is 1. The Morgan fingerprint density at radius 2 is 1.92 bits per heavy atom. The zero-order valence-corrected chi connectivity index (χ0v) is 15.4. The van der Waals surface area contributed by atoms with Gasteiger partial charge in [0.15, 0.2) is 10.3 Å². The molecular formula is C18H16N4OS2. The van der Waals surface area contributed by atoms with Crippen molar-refractivity contribution in [3.8, 4) is 11.3 Å². The van der Waals surface area contributed by atoms with Gasteiger partial charge >= 0.3 is 0 Å². The number of carbonyl (C=O) groups is 1. The van der Waals surface area contributed by atoms with Crippen molar-refractivity contribution in [3.63, 3.8) is 0 Å². The lowest BCUT2D eigenvalue weighted by atomic mass is 10.1. The molecule has 0 aliphatic carbocycles. The molecule has 0 spiro atoms. The third-order valence-electron chi connectivity index (χ3n) is 3.34. The van der Waals surface area contributed by atoms with E-state index in [4.69, 9.17) is 0 Å². The van der Waals surface area contributed by atoms with Crippen LogP contribution in [0.3, 0.4) is 0 Å². The second kappa shape index (κ2) is 8.04. The highest BCUT2D eigenvalue weighted by molar-refractivity contribution is 7.98. The first-order chi connectivity index (χ1) is 12.1. The molecule has 0 saturated carbocycles. The van der Waals surface area contributed by atoms with E-state index < -0.39 is 0 Å². The van der Waals surface area contributed by atoms with Gasteiger partial charge in [-0.3, -0.25) is 10.1 Å². The van der Waals surface area contributed by atoms with Crippen LogP contribution in [0.2, 0.25) is 0 Å². The summed E-state index contributed by atoms with van der Waals surface area (Å²) in [6.07, 6.45) is 8.40. The summed E-state index contributed by atoms with van der Waals surface area (Å²) in [5.41, 5.74) is 3.86. The van der Waals surface area contributed by atoms with E-state index in [1.54, 1.807) is 18.5 Å². The molecule has 3 rings (SSSR count). The predicted octanol–water partition coefficient (Wildman–Crippen LogP) is 4.28. The topological polar surface area (TPSA) is 67.8 Å². The number of thioether (sulfide) groups is 1. The molecule has 3 aromatic rings. The van der Waals surface area contributed by atoms with Crippen LogP contribution in [-0.2, 0) is 4.79 Å². The second-order valence-corrected chi connectivity index (χ2v) is 6.86. The Labute approximate surface area is 154 Å². The molecule has 0 unspecified atom stereocenters. The number of aryl methyl sites for hydroxylation is 1. The Morgan fingerprint density at radius 3 is 2.60 bits per heavy atom. The van der Waals surface area contributed by atoms with Crippen LogP contribution in [0.15, 0.2) is 53.3 Å². The summed E-state index contributed by atoms with van der Waals surface area (Å²) >= 11 is 2.87. The number of benzene rings is 1. The fourth-order valence-electron chi connectivity index (χ4n) is 2.02. The molecule has 2 heterocycles. The van der Waals surface area contributed by atoms with E-state index in [1.807, 2.05) is 42.8 Å². The number of nitrogens with one attached hydrogen (secondary N) is 1. The summed E-state index contributed by atoms with van der Waals surface area (Å²) in [4.78, 5) is 24.8. The van der Waals surface area contributed by atoms with E-state index >= 15 is 0 Å². The van der Waals surface area contributed by atoms with Crippen molar-refractivity contribution >= 4 is 40.2 Å². The van der Waals surface area contributed by atoms with Crippen molar-refractivity contribution in [2.75, 3.05) is 11.6 Å². The van der Waals surface area contributed by atoms with Crippen LogP contribution in [0.1, 0.15) is 11.1 Å². The van der Waals surface area contributed by atoms with Gasteiger partial charge in [0, 0.05) is 35.0 Å². The normalized spacial score (nSPS) is 11.0. The van der Waals surface area contributed by atoms with Gasteiger partial charge in [-0.2, -0.15) is 0 Å². The Balaban J connectivity index is 1.63. The minimum atomic E-state index is -0.237. The molecule has 7 heteroatoms. The lowest BCUT2D eigenvalue weighted by Gasteiger charge is -1.98. The highest BCUT2D eigenvalue weighted by Crippen LogP contribution is 2.25. The zero-order valence-electron chi connectivity index (χ0n) is 13.8. The minimum Gasteiger partial charge on any atom is -0.298 e. The lowest BCUT2D eigenvalue weighted by Crippen LogP contribution is -2.07. The predicted molar refractivity (Wildman–Crippen MR) is 104 cm³/mol. The molecule has 0 aliphatic heterocycles. The average Bonchev–Trinajstić information content (AvgIpc) is 3.09. The first kappa shape index (κ1) is 17.3. The van der Waals surface area contributed by atoms with E-state index in [2.05, 4.69) is 20.3 Å². The Morgan fingerprint density at radius 1 is 1.20 bits per heavy atom. The first-order valence-corrected chi connectivity index (χ1v) is 9.62. The molecule has 1 N–H and O–H groups in total. The van der Waals surface area contributed by atoms with Gasteiger partial charge in [-0.1, -0.05) is 41.6 Å². The van der Waals surface area contributed by atoms with Crippen LogP contribution in [0.4, 0.5) is 5.13 Å². The third kappa shape index (κ3) is 4.74. The van der Waals surface area contributed by atoms with Crippen molar-refractivity contribution in [2.45, 2.75) is 12.1 Å². The number of thiazole rings is 1. The maximum absolute atomic E-state index is 12.0. The van der Waals surface area contributed by atoms with E-state index in [0.717, 1.165) is 16.8 Å². The number of hydrogen-bond acceptors (Lipinski definition) is 6. The van der Waals surface area contributed by atoms with Crippen molar-refractivity contribution in [1.29, 1.82) is 0 Å². The number of amides is 1. The van der Waals surface area contributed by atoms with Crippen LogP contribution in [-0.4, -0.2) is 27.1 Å². The van der Waals surface area contributed by atoms with Crippen LogP contribution in [0, 0.1) is 6.92 Å². The standard InChI is InChI=1S/C18H16N4OS2/c1-12-3-6-14(7-4-12)15-11-25-18(21-15)22-16(23)8-5-13-9-19-17(24-2)20-10-13/h3-11H,1-2H3,(H,21,22,23)/b8-5+. The van der Waals surface area contributed by atoms with Gasteiger partial charge in [0.05, 0.1) is 5.69 Å². The van der Waals surface area contributed by atoms with Crippen molar-refractivity contribution in [3.05, 3.63) is 59.2 Å².